The summed E-state index contributed by atoms with van der Waals surface area (Å²) in [4.78, 5) is 2.09. The molecule has 1 aromatic rings. The van der Waals surface area contributed by atoms with E-state index >= 15 is 0 Å². The third kappa shape index (κ3) is 2.62. The maximum Gasteiger partial charge on any atom is 0.0911 e. The number of halogens is 1. The van der Waals surface area contributed by atoms with Gasteiger partial charge in [-0.15, -0.1) is 0 Å². The molecule has 0 radical (unpaired) electrons. The summed E-state index contributed by atoms with van der Waals surface area (Å²) < 4.78 is 12.0. The van der Waals surface area contributed by atoms with Gasteiger partial charge in [0.25, 0.3) is 0 Å². The fourth-order valence-corrected chi connectivity index (χ4v) is 1.48. The highest BCUT2D eigenvalue weighted by molar-refractivity contribution is 5.67. The smallest absolute Gasteiger partial charge is 0.0911 e. The molecule has 0 atom stereocenters. The van der Waals surface area contributed by atoms with E-state index in [9.17, 15) is 4.39 Å². The number of hydrogen-bond donors (Lipinski definition) is 1. The Bertz CT molecular complexity index is 276. The molecule has 0 aromatic heterocycles. The van der Waals surface area contributed by atoms with Crippen molar-refractivity contribution in [2.75, 3.05) is 30.4 Å². The first-order valence-corrected chi connectivity index (χ1v) is 4.95. The number of nitrogen functional groups attached to an aromatic ring is 1. The van der Waals surface area contributed by atoms with Crippen molar-refractivity contribution in [1.29, 1.82) is 0 Å². The minimum Gasteiger partial charge on any atom is -0.397 e. The Morgan fingerprint density at radius 3 is 2.64 bits per heavy atom. The molecular formula is C11H17FN2. The normalized spacial score (nSPS) is 10.1. The van der Waals surface area contributed by atoms with Crippen LogP contribution in [0.4, 0.5) is 15.8 Å². The van der Waals surface area contributed by atoms with Crippen LogP contribution in [0.2, 0.25) is 0 Å². The third-order valence-corrected chi connectivity index (χ3v) is 2.22. The molecule has 14 heavy (non-hydrogen) atoms. The van der Waals surface area contributed by atoms with Crippen LogP contribution < -0.4 is 10.6 Å². The molecule has 0 heterocycles. The number of para-hydroxylation sites is 2. The van der Waals surface area contributed by atoms with E-state index in [1.165, 1.54) is 0 Å². The van der Waals surface area contributed by atoms with Crippen LogP contribution >= 0.6 is 0 Å². The molecule has 2 nitrogen and oxygen atoms in total. The molecule has 0 amide bonds. The van der Waals surface area contributed by atoms with E-state index in [-0.39, 0.29) is 6.67 Å². The minimum atomic E-state index is -0.275. The van der Waals surface area contributed by atoms with Gasteiger partial charge in [0.05, 0.1) is 18.0 Å². The third-order valence-electron chi connectivity index (χ3n) is 2.22. The fourth-order valence-electron chi connectivity index (χ4n) is 1.48. The van der Waals surface area contributed by atoms with Crippen molar-refractivity contribution < 1.29 is 4.39 Å². The summed E-state index contributed by atoms with van der Waals surface area (Å²) in [6.45, 7) is 3.35. The standard InChI is InChI=1S/C11H17FN2/c1-2-14(9-5-8-12)11-7-4-3-6-10(11)13/h3-4,6-7H,2,5,8-9,13H2,1H3. The molecule has 3 heteroatoms. The van der Waals surface area contributed by atoms with E-state index in [4.69, 9.17) is 5.73 Å². The van der Waals surface area contributed by atoms with Crippen molar-refractivity contribution in [2.24, 2.45) is 0 Å². The second-order valence-electron chi connectivity index (χ2n) is 3.18. The fraction of sp³-hybridized carbons (Fsp3) is 0.455. The molecule has 0 spiro atoms. The summed E-state index contributed by atoms with van der Waals surface area (Å²) >= 11 is 0. The van der Waals surface area contributed by atoms with Crippen LogP contribution in [0, 0.1) is 0 Å². The van der Waals surface area contributed by atoms with Crippen molar-refractivity contribution in [3.63, 3.8) is 0 Å². The Morgan fingerprint density at radius 1 is 1.36 bits per heavy atom. The molecule has 0 aliphatic rings. The Hall–Kier alpha value is -1.25. The average molecular weight is 196 g/mol. The van der Waals surface area contributed by atoms with Gasteiger partial charge in [-0.1, -0.05) is 12.1 Å². The maximum atomic E-state index is 12.0. The molecule has 0 unspecified atom stereocenters. The molecule has 0 fully saturated rings. The Kier molecular flexibility index (Phi) is 4.23. The summed E-state index contributed by atoms with van der Waals surface area (Å²) in [5.74, 6) is 0. The van der Waals surface area contributed by atoms with Crippen molar-refractivity contribution in [3.05, 3.63) is 24.3 Å². The van der Waals surface area contributed by atoms with Crippen molar-refractivity contribution >= 4 is 11.4 Å². The highest BCUT2D eigenvalue weighted by atomic mass is 19.1. The quantitative estimate of drug-likeness (QED) is 0.733. The number of nitrogens with two attached hydrogens (primary N) is 1. The topological polar surface area (TPSA) is 29.3 Å². The Morgan fingerprint density at radius 2 is 2.07 bits per heavy atom. The van der Waals surface area contributed by atoms with Gasteiger partial charge in [0, 0.05) is 13.1 Å². The number of anilines is 2. The van der Waals surface area contributed by atoms with Crippen molar-refractivity contribution in [1.82, 2.24) is 0 Å². The summed E-state index contributed by atoms with van der Waals surface area (Å²) in [7, 11) is 0. The van der Waals surface area contributed by atoms with Gasteiger partial charge in [-0.3, -0.25) is 4.39 Å². The van der Waals surface area contributed by atoms with Gasteiger partial charge in [0.1, 0.15) is 0 Å². The van der Waals surface area contributed by atoms with E-state index in [0.717, 1.165) is 24.5 Å². The van der Waals surface area contributed by atoms with Crippen molar-refractivity contribution in [3.8, 4) is 0 Å². The SMILES string of the molecule is CCN(CCCF)c1ccccc1N. The number of alkyl halides is 1. The monoisotopic (exact) mass is 196 g/mol. The predicted octanol–water partition coefficient (Wildman–Crippen LogP) is 2.45. The van der Waals surface area contributed by atoms with E-state index in [1.807, 2.05) is 31.2 Å². The lowest BCUT2D eigenvalue weighted by atomic mass is 10.2. The summed E-state index contributed by atoms with van der Waals surface area (Å²) in [6, 6.07) is 7.69. The van der Waals surface area contributed by atoms with Crippen LogP contribution in [0.1, 0.15) is 13.3 Å². The van der Waals surface area contributed by atoms with Gasteiger partial charge in [0.2, 0.25) is 0 Å². The minimum absolute atomic E-state index is 0.275. The Balaban J connectivity index is 2.73. The van der Waals surface area contributed by atoms with Crippen LogP contribution in [0.15, 0.2) is 24.3 Å². The number of benzene rings is 1. The number of nitrogens with zero attached hydrogens (tertiary/aromatic N) is 1. The molecule has 0 aliphatic carbocycles. The molecule has 0 aliphatic heterocycles. The molecule has 2 N–H and O–H groups in total. The second kappa shape index (κ2) is 5.47. The molecule has 0 saturated heterocycles. The molecule has 1 rings (SSSR count). The molecule has 0 bridgehead atoms. The first-order chi connectivity index (χ1) is 6.79. The molecular weight excluding hydrogens is 179 g/mol. The van der Waals surface area contributed by atoms with Gasteiger partial charge in [-0.05, 0) is 25.5 Å². The lowest BCUT2D eigenvalue weighted by Gasteiger charge is -2.23. The van der Waals surface area contributed by atoms with Gasteiger partial charge in [-0.25, -0.2) is 0 Å². The predicted molar refractivity (Wildman–Crippen MR) is 59.3 cm³/mol. The molecule has 1 aromatic carbocycles. The van der Waals surface area contributed by atoms with Crippen LogP contribution in [0.5, 0.6) is 0 Å². The zero-order valence-electron chi connectivity index (χ0n) is 8.54. The van der Waals surface area contributed by atoms with Crippen LogP contribution in [-0.4, -0.2) is 19.8 Å². The van der Waals surface area contributed by atoms with Gasteiger partial charge < -0.3 is 10.6 Å². The summed E-state index contributed by atoms with van der Waals surface area (Å²) in [5.41, 5.74) is 7.59. The first-order valence-electron chi connectivity index (χ1n) is 4.95. The van der Waals surface area contributed by atoms with E-state index < -0.39 is 0 Å². The second-order valence-corrected chi connectivity index (χ2v) is 3.18. The Labute approximate surface area is 84.5 Å². The lowest BCUT2D eigenvalue weighted by molar-refractivity contribution is 0.472. The van der Waals surface area contributed by atoms with Gasteiger partial charge in [-0.2, -0.15) is 0 Å². The highest BCUT2D eigenvalue weighted by Crippen LogP contribution is 2.22. The van der Waals surface area contributed by atoms with Crippen LogP contribution in [0.3, 0.4) is 0 Å². The maximum absolute atomic E-state index is 12.0. The zero-order valence-corrected chi connectivity index (χ0v) is 8.54. The summed E-state index contributed by atoms with van der Waals surface area (Å²) in [5, 5.41) is 0. The largest absolute Gasteiger partial charge is 0.397 e. The van der Waals surface area contributed by atoms with E-state index in [0.29, 0.717) is 6.42 Å². The highest BCUT2D eigenvalue weighted by Gasteiger charge is 2.06. The van der Waals surface area contributed by atoms with Crippen molar-refractivity contribution in [2.45, 2.75) is 13.3 Å². The van der Waals surface area contributed by atoms with Crippen LogP contribution in [-0.2, 0) is 0 Å². The average Bonchev–Trinajstić information content (AvgIpc) is 2.21. The molecule has 0 saturated carbocycles. The van der Waals surface area contributed by atoms with E-state index in [2.05, 4.69) is 4.90 Å². The summed E-state index contributed by atoms with van der Waals surface area (Å²) in [6.07, 6.45) is 0.558. The van der Waals surface area contributed by atoms with Gasteiger partial charge in [0.15, 0.2) is 0 Å². The zero-order chi connectivity index (χ0) is 10.4. The first kappa shape index (κ1) is 10.8. The number of rotatable bonds is 5. The van der Waals surface area contributed by atoms with E-state index in [1.54, 1.807) is 0 Å². The molecule has 78 valence electrons. The number of hydrogen-bond acceptors (Lipinski definition) is 2. The van der Waals surface area contributed by atoms with Gasteiger partial charge >= 0.3 is 0 Å². The van der Waals surface area contributed by atoms with Crippen LogP contribution in [0.25, 0.3) is 0 Å². The lowest BCUT2D eigenvalue weighted by Crippen LogP contribution is -2.25.